The van der Waals surface area contributed by atoms with Gasteiger partial charge in [0.2, 0.25) is 5.91 Å². The number of anilines is 1. The van der Waals surface area contributed by atoms with Crippen molar-refractivity contribution in [3.05, 3.63) is 77.9 Å². The molecule has 3 rings (SSSR count). The summed E-state index contributed by atoms with van der Waals surface area (Å²) in [7, 11) is 1.64. The fraction of sp³-hybridized carbons (Fsp3) is 0.0909. The molecule has 0 heterocycles. The number of hydrogen-bond acceptors (Lipinski definition) is 3. The Morgan fingerprint density at radius 1 is 0.923 bits per heavy atom. The smallest absolute Gasteiger partial charge is 0.248 e. The lowest BCUT2D eigenvalue weighted by Gasteiger charge is -2.04. The minimum Gasteiger partial charge on any atom is -0.497 e. The molecule has 0 radical (unpaired) electrons. The van der Waals surface area contributed by atoms with Gasteiger partial charge in [-0.25, -0.2) is 0 Å². The van der Waals surface area contributed by atoms with Crippen LogP contribution in [-0.4, -0.2) is 18.8 Å². The van der Waals surface area contributed by atoms with Gasteiger partial charge in [0.15, 0.2) is 5.78 Å². The Morgan fingerprint density at radius 3 is 2.31 bits per heavy atom. The van der Waals surface area contributed by atoms with E-state index in [1.165, 1.54) is 13.0 Å². The Bertz CT molecular complexity index is 988. The Morgan fingerprint density at radius 2 is 1.62 bits per heavy atom. The van der Waals surface area contributed by atoms with Crippen molar-refractivity contribution in [2.75, 3.05) is 12.4 Å². The van der Waals surface area contributed by atoms with E-state index in [1.54, 1.807) is 37.5 Å². The van der Waals surface area contributed by atoms with E-state index in [9.17, 15) is 9.59 Å². The Kier molecular flexibility index (Phi) is 5.13. The summed E-state index contributed by atoms with van der Waals surface area (Å²) in [5, 5.41) is 4.93. The molecule has 0 aromatic heterocycles. The molecule has 0 atom stereocenters. The number of carbonyl (C=O) groups excluding carboxylic acids is 2. The minimum absolute atomic E-state index is 0.00306. The summed E-state index contributed by atoms with van der Waals surface area (Å²) in [5.41, 5.74) is 2.20. The molecule has 3 aromatic carbocycles. The van der Waals surface area contributed by atoms with Crippen LogP contribution >= 0.6 is 0 Å². The zero-order chi connectivity index (χ0) is 18.5. The number of ketones is 1. The van der Waals surface area contributed by atoms with Gasteiger partial charge in [-0.3, -0.25) is 9.59 Å². The number of hydrogen-bond donors (Lipinski definition) is 1. The van der Waals surface area contributed by atoms with Gasteiger partial charge in [-0.15, -0.1) is 0 Å². The number of rotatable bonds is 5. The lowest BCUT2D eigenvalue weighted by molar-refractivity contribution is -0.111. The van der Waals surface area contributed by atoms with Crippen LogP contribution in [0.4, 0.5) is 5.69 Å². The van der Waals surface area contributed by atoms with Crippen LogP contribution in [0.15, 0.2) is 66.7 Å². The second-order valence-corrected chi connectivity index (χ2v) is 5.93. The quantitative estimate of drug-likeness (QED) is 0.538. The molecule has 3 aromatic rings. The van der Waals surface area contributed by atoms with Crippen LogP contribution in [0.5, 0.6) is 5.75 Å². The van der Waals surface area contributed by atoms with Crippen molar-refractivity contribution >= 4 is 34.2 Å². The van der Waals surface area contributed by atoms with Gasteiger partial charge in [0.05, 0.1) is 7.11 Å². The van der Waals surface area contributed by atoms with E-state index in [1.807, 2.05) is 36.4 Å². The fourth-order valence-corrected chi connectivity index (χ4v) is 2.62. The number of Topliss-reactive ketones (excluding diaryl/α,β-unsaturated/α-hetero) is 1. The number of nitrogens with one attached hydrogen (secondary N) is 1. The molecule has 1 N–H and O–H groups in total. The van der Waals surface area contributed by atoms with E-state index < -0.39 is 0 Å². The van der Waals surface area contributed by atoms with Crippen molar-refractivity contribution in [1.29, 1.82) is 0 Å². The van der Waals surface area contributed by atoms with Gasteiger partial charge in [-0.2, -0.15) is 0 Å². The maximum Gasteiger partial charge on any atom is 0.248 e. The summed E-state index contributed by atoms with van der Waals surface area (Å²) in [6.07, 6.45) is 3.26. The second-order valence-electron chi connectivity index (χ2n) is 5.93. The van der Waals surface area contributed by atoms with Crippen molar-refractivity contribution in [2.24, 2.45) is 0 Å². The number of carbonyl (C=O) groups is 2. The number of ether oxygens (including phenoxy) is 1. The van der Waals surface area contributed by atoms with Crippen molar-refractivity contribution in [1.82, 2.24) is 0 Å². The Labute approximate surface area is 152 Å². The summed E-state index contributed by atoms with van der Waals surface area (Å²) < 4.78 is 5.22. The molecule has 0 aliphatic rings. The first-order valence-electron chi connectivity index (χ1n) is 8.23. The summed E-state index contributed by atoms with van der Waals surface area (Å²) in [6, 6.07) is 18.6. The van der Waals surface area contributed by atoms with Crippen LogP contribution in [0.1, 0.15) is 22.8 Å². The van der Waals surface area contributed by atoms with E-state index >= 15 is 0 Å². The van der Waals surface area contributed by atoms with Crippen molar-refractivity contribution < 1.29 is 14.3 Å². The van der Waals surface area contributed by atoms with Crippen LogP contribution in [0.2, 0.25) is 0 Å². The SMILES string of the molecule is COc1ccc2cc(/C=C/C(=O)Nc3ccc(C(C)=O)cc3)ccc2c1. The molecule has 130 valence electrons. The number of methoxy groups -OCH3 is 1. The molecule has 4 heteroatoms. The minimum atomic E-state index is -0.226. The Balaban J connectivity index is 1.69. The molecule has 26 heavy (non-hydrogen) atoms. The molecule has 0 fully saturated rings. The highest BCUT2D eigenvalue weighted by Crippen LogP contribution is 2.22. The highest BCUT2D eigenvalue weighted by molar-refractivity contribution is 6.02. The molecule has 0 aliphatic heterocycles. The average Bonchev–Trinajstić information content (AvgIpc) is 2.66. The first-order valence-corrected chi connectivity index (χ1v) is 8.23. The van der Waals surface area contributed by atoms with Gasteiger partial charge in [-0.05, 0) is 71.8 Å². The summed E-state index contributed by atoms with van der Waals surface area (Å²) in [4.78, 5) is 23.3. The van der Waals surface area contributed by atoms with Crippen LogP contribution in [0, 0.1) is 0 Å². The van der Waals surface area contributed by atoms with Gasteiger partial charge in [-0.1, -0.05) is 18.2 Å². The van der Waals surface area contributed by atoms with Crippen molar-refractivity contribution in [2.45, 2.75) is 6.92 Å². The molecule has 0 unspecified atom stereocenters. The molecule has 0 spiro atoms. The highest BCUT2D eigenvalue weighted by Gasteiger charge is 2.02. The van der Waals surface area contributed by atoms with Gasteiger partial charge in [0.1, 0.15) is 5.75 Å². The topological polar surface area (TPSA) is 55.4 Å². The van der Waals surface area contributed by atoms with Crippen LogP contribution in [0.3, 0.4) is 0 Å². The summed E-state index contributed by atoms with van der Waals surface area (Å²) >= 11 is 0. The van der Waals surface area contributed by atoms with E-state index in [2.05, 4.69) is 5.32 Å². The molecule has 0 aliphatic carbocycles. The van der Waals surface area contributed by atoms with Crippen LogP contribution < -0.4 is 10.1 Å². The van der Waals surface area contributed by atoms with Crippen LogP contribution in [-0.2, 0) is 4.79 Å². The summed E-state index contributed by atoms with van der Waals surface area (Å²) in [5.74, 6) is 0.586. The highest BCUT2D eigenvalue weighted by atomic mass is 16.5. The van der Waals surface area contributed by atoms with Crippen molar-refractivity contribution in [3.63, 3.8) is 0 Å². The van der Waals surface area contributed by atoms with Gasteiger partial charge in [0, 0.05) is 17.3 Å². The maximum atomic E-state index is 12.1. The Hall–Kier alpha value is -3.40. The van der Waals surface area contributed by atoms with Gasteiger partial charge in [0.25, 0.3) is 0 Å². The van der Waals surface area contributed by atoms with Crippen LogP contribution in [0.25, 0.3) is 16.8 Å². The first kappa shape index (κ1) is 17.4. The molecule has 0 saturated carbocycles. The molecule has 0 bridgehead atoms. The monoisotopic (exact) mass is 345 g/mol. The zero-order valence-electron chi connectivity index (χ0n) is 14.7. The normalized spacial score (nSPS) is 10.8. The first-order chi connectivity index (χ1) is 12.5. The van der Waals surface area contributed by atoms with Gasteiger partial charge < -0.3 is 10.1 Å². The standard InChI is InChI=1S/C22H19NO3/c1-15(24)17-6-9-20(10-7-17)23-22(25)12-4-16-3-5-19-14-21(26-2)11-8-18(19)13-16/h3-14H,1-2H3,(H,23,25)/b12-4+. The third kappa shape index (κ3) is 4.16. The van der Waals surface area contributed by atoms with E-state index in [-0.39, 0.29) is 11.7 Å². The van der Waals surface area contributed by atoms with E-state index in [0.717, 1.165) is 22.1 Å². The fourth-order valence-electron chi connectivity index (χ4n) is 2.62. The van der Waals surface area contributed by atoms with Crippen molar-refractivity contribution in [3.8, 4) is 5.75 Å². The predicted molar refractivity (Wildman–Crippen MR) is 105 cm³/mol. The average molecular weight is 345 g/mol. The van der Waals surface area contributed by atoms with Gasteiger partial charge >= 0.3 is 0 Å². The molecule has 4 nitrogen and oxygen atoms in total. The molecule has 0 saturated heterocycles. The number of fused-ring (bicyclic) bond motifs is 1. The second kappa shape index (κ2) is 7.66. The molecular formula is C22H19NO3. The zero-order valence-corrected chi connectivity index (χ0v) is 14.7. The molecule has 1 amide bonds. The van der Waals surface area contributed by atoms with E-state index in [4.69, 9.17) is 4.74 Å². The molecular weight excluding hydrogens is 326 g/mol. The predicted octanol–water partition coefficient (Wildman–Crippen LogP) is 4.70. The number of benzene rings is 3. The largest absolute Gasteiger partial charge is 0.497 e. The lowest BCUT2D eigenvalue weighted by Crippen LogP contribution is -2.07. The number of amides is 1. The lowest BCUT2D eigenvalue weighted by atomic mass is 10.1. The maximum absolute atomic E-state index is 12.1. The van der Waals surface area contributed by atoms with E-state index in [0.29, 0.717) is 11.3 Å². The summed E-state index contributed by atoms with van der Waals surface area (Å²) in [6.45, 7) is 1.51. The third-order valence-electron chi connectivity index (χ3n) is 4.06. The third-order valence-corrected chi connectivity index (χ3v) is 4.06.